The van der Waals surface area contributed by atoms with Crippen molar-refractivity contribution in [1.29, 1.82) is 0 Å². The molecule has 1 aromatic heterocycles. The summed E-state index contributed by atoms with van der Waals surface area (Å²) in [5.41, 5.74) is 1.65. The first-order valence-corrected chi connectivity index (χ1v) is 7.68. The Labute approximate surface area is 143 Å². The van der Waals surface area contributed by atoms with Gasteiger partial charge in [-0.25, -0.2) is 4.79 Å². The largest absolute Gasteiger partial charge is 0.462 e. The molecular formula is C17H15Cl2NO3. The second-order valence-electron chi connectivity index (χ2n) is 4.80. The summed E-state index contributed by atoms with van der Waals surface area (Å²) >= 11 is 12.0. The second kappa shape index (κ2) is 7.02. The van der Waals surface area contributed by atoms with E-state index in [1.54, 1.807) is 38.1 Å². The number of carbonyl (C=O) groups is 1. The molecule has 0 unspecified atom stereocenters. The molecule has 0 aliphatic heterocycles. The van der Waals surface area contributed by atoms with Gasteiger partial charge in [-0.3, -0.25) is 4.79 Å². The number of H-pyrrole nitrogens is 1. The highest BCUT2D eigenvalue weighted by atomic mass is 35.5. The van der Waals surface area contributed by atoms with Crippen LogP contribution in [0, 0.1) is 6.92 Å². The van der Waals surface area contributed by atoms with E-state index in [2.05, 4.69) is 11.6 Å². The molecule has 4 nitrogen and oxygen atoms in total. The Morgan fingerprint density at radius 1 is 1.35 bits per heavy atom. The third-order valence-electron chi connectivity index (χ3n) is 3.34. The minimum Gasteiger partial charge on any atom is -0.462 e. The highest BCUT2D eigenvalue weighted by Crippen LogP contribution is 2.33. The van der Waals surface area contributed by atoms with Crippen molar-refractivity contribution in [1.82, 2.24) is 4.98 Å². The van der Waals surface area contributed by atoms with E-state index < -0.39 is 11.5 Å². The van der Waals surface area contributed by atoms with Gasteiger partial charge in [0.05, 0.1) is 16.7 Å². The number of pyridine rings is 1. The fraction of sp³-hybridized carbons (Fsp3) is 0.176. The zero-order valence-electron chi connectivity index (χ0n) is 12.7. The zero-order chi connectivity index (χ0) is 17.1. The van der Waals surface area contributed by atoms with Crippen molar-refractivity contribution in [3.63, 3.8) is 0 Å². The summed E-state index contributed by atoms with van der Waals surface area (Å²) in [4.78, 5) is 27.2. The van der Waals surface area contributed by atoms with E-state index in [0.717, 1.165) is 0 Å². The number of nitrogens with one attached hydrogen (secondary N) is 1. The normalized spacial score (nSPS) is 10.4. The molecule has 0 spiro atoms. The third kappa shape index (κ3) is 3.33. The lowest BCUT2D eigenvalue weighted by Crippen LogP contribution is -2.23. The fourth-order valence-corrected chi connectivity index (χ4v) is 2.64. The lowest BCUT2D eigenvalue weighted by Gasteiger charge is -2.14. The molecule has 0 saturated heterocycles. The summed E-state index contributed by atoms with van der Waals surface area (Å²) in [5.74, 6) is -0.696. The number of rotatable bonds is 4. The second-order valence-corrected chi connectivity index (χ2v) is 5.61. The van der Waals surface area contributed by atoms with Crippen molar-refractivity contribution < 1.29 is 9.53 Å². The lowest BCUT2D eigenvalue weighted by atomic mass is 9.94. The van der Waals surface area contributed by atoms with Crippen molar-refractivity contribution >= 4 is 35.2 Å². The molecule has 0 fully saturated rings. The van der Waals surface area contributed by atoms with E-state index in [4.69, 9.17) is 27.9 Å². The number of aromatic amines is 1. The van der Waals surface area contributed by atoms with E-state index in [1.807, 2.05) is 0 Å². The van der Waals surface area contributed by atoms with Gasteiger partial charge in [-0.05, 0) is 31.5 Å². The quantitative estimate of drug-likeness (QED) is 0.826. The first-order valence-electron chi connectivity index (χ1n) is 6.92. The van der Waals surface area contributed by atoms with Crippen LogP contribution in [0.5, 0.6) is 0 Å². The van der Waals surface area contributed by atoms with Crippen LogP contribution in [0.25, 0.3) is 17.2 Å². The number of aromatic nitrogens is 1. The number of benzene rings is 1. The Morgan fingerprint density at radius 2 is 2.04 bits per heavy atom. The van der Waals surface area contributed by atoms with Crippen LogP contribution in [-0.2, 0) is 4.74 Å². The van der Waals surface area contributed by atoms with Crippen LogP contribution in [0.2, 0.25) is 10.0 Å². The molecule has 0 saturated carbocycles. The molecule has 0 atom stereocenters. The SMILES string of the molecule is C=Cc1c(C)[nH]c(=O)c(C(=O)OCC)c1-c1ccc(Cl)c(Cl)c1. The van der Waals surface area contributed by atoms with Crippen molar-refractivity contribution in [3.05, 3.63) is 62.0 Å². The van der Waals surface area contributed by atoms with Gasteiger partial charge in [0, 0.05) is 16.8 Å². The number of halogens is 2. The van der Waals surface area contributed by atoms with Gasteiger partial charge in [0.25, 0.3) is 5.56 Å². The number of esters is 1. The molecule has 0 bridgehead atoms. The highest BCUT2D eigenvalue weighted by Gasteiger charge is 2.23. The Balaban J connectivity index is 2.87. The van der Waals surface area contributed by atoms with Gasteiger partial charge in [-0.1, -0.05) is 41.9 Å². The van der Waals surface area contributed by atoms with Crippen LogP contribution in [0.4, 0.5) is 0 Å². The third-order valence-corrected chi connectivity index (χ3v) is 4.08. The summed E-state index contributed by atoms with van der Waals surface area (Å²) in [6.07, 6.45) is 1.58. The molecule has 2 aromatic rings. The van der Waals surface area contributed by atoms with Gasteiger partial charge >= 0.3 is 5.97 Å². The number of hydrogen-bond donors (Lipinski definition) is 1. The lowest BCUT2D eigenvalue weighted by molar-refractivity contribution is 0.0525. The summed E-state index contributed by atoms with van der Waals surface area (Å²) in [6.45, 7) is 7.33. The Hall–Kier alpha value is -2.04. The molecule has 0 aliphatic carbocycles. The van der Waals surface area contributed by atoms with Gasteiger partial charge in [0.15, 0.2) is 0 Å². The summed E-state index contributed by atoms with van der Waals surface area (Å²) in [7, 11) is 0. The van der Waals surface area contributed by atoms with Crippen molar-refractivity contribution in [3.8, 4) is 11.1 Å². The number of ether oxygens (including phenoxy) is 1. The smallest absolute Gasteiger partial charge is 0.344 e. The van der Waals surface area contributed by atoms with Crippen molar-refractivity contribution in [2.45, 2.75) is 13.8 Å². The van der Waals surface area contributed by atoms with E-state index in [1.165, 1.54) is 0 Å². The van der Waals surface area contributed by atoms with Crippen molar-refractivity contribution in [2.24, 2.45) is 0 Å². The molecule has 2 rings (SSSR count). The van der Waals surface area contributed by atoms with Gasteiger partial charge in [0.1, 0.15) is 5.56 Å². The fourth-order valence-electron chi connectivity index (χ4n) is 2.34. The molecule has 0 amide bonds. The molecular weight excluding hydrogens is 337 g/mol. The van der Waals surface area contributed by atoms with Crippen LogP contribution in [0.15, 0.2) is 29.6 Å². The monoisotopic (exact) mass is 351 g/mol. The molecule has 0 aliphatic rings. The summed E-state index contributed by atoms with van der Waals surface area (Å²) in [6, 6.07) is 4.91. The first-order chi connectivity index (χ1) is 10.9. The minimum absolute atomic E-state index is 0.0780. The highest BCUT2D eigenvalue weighted by molar-refractivity contribution is 6.42. The predicted octanol–water partition coefficient (Wildman–Crippen LogP) is 4.48. The van der Waals surface area contributed by atoms with E-state index >= 15 is 0 Å². The van der Waals surface area contributed by atoms with Gasteiger partial charge < -0.3 is 9.72 Å². The summed E-state index contributed by atoms with van der Waals surface area (Å²) in [5, 5.41) is 0.710. The zero-order valence-corrected chi connectivity index (χ0v) is 14.2. The number of aryl methyl sites for hydroxylation is 1. The van der Waals surface area contributed by atoms with Gasteiger partial charge in [-0.2, -0.15) is 0 Å². The maximum absolute atomic E-state index is 12.3. The van der Waals surface area contributed by atoms with E-state index in [-0.39, 0.29) is 12.2 Å². The topological polar surface area (TPSA) is 59.2 Å². The predicted molar refractivity (Wildman–Crippen MR) is 93.3 cm³/mol. The molecule has 23 heavy (non-hydrogen) atoms. The summed E-state index contributed by atoms with van der Waals surface area (Å²) < 4.78 is 5.01. The Bertz CT molecular complexity index is 840. The van der Waals surface area contributed by atoms with Gasteiger partial charge in [-0.15, -0.1) is 0 Å². The van der Waals surface area contributed by atoms with Crippen LogP contribution < -0.4 is 5.56 Å². The molecule has 1 heterocycles. The molecule has 1 N–H and O–H groups in total. The van der Waals surface area contributed by atoms with Crippen molar-refractivity contribution in [2.75, 3.05) is 6.61 Å². The maximum Gasteiger partial charge on any atom is 0.344 e. The molecule has 0 radical (unpaired) electrons. The molecule has 120 valence electrons. The number of hydrogen-bond acceptors (Lipinski definition) is 3. The average Bonchev–Trinajstić information content (AvgIpc) is 2.49. The van der Waals surface area contributed by atoms with Crippen LogP contribution in [-0.4, -0.2) is 17.6 Å². The maximum atomic E-state index is 12.3. The van der Waals surface area contributed by atoms with Crippen LogP contribution in [0.1, 0.15) is 28.5 Å². The standard InChI is InChI=1S/C17H15Cl2NO3/c1-4-11-9(3)20-16(21)15(17(22)23-5-2)14(11)10-6-7-12(18)13(19)8-10/h4,6-8H,1,5H2,2-3H3,(H,20,21). The number of carbonyl (C=O) groups excluding carboxylic acids is 1. The van der Waals surface area contributed by atoms with E-state index in [9.17, 15) is 9.59 Å². The van der Waals surface area contributed by atoms with Gasteiger partial charge in [0.2, 0.25) is 0 Å². The first kappa shape index (κ1) is 17.3. The van der Waals surface area contributed by atoms with Crippen LogP contribution in [0.3, 0.4) is 0 Å². The Kier molecular flexibility index (Phi) is 5.29. The Morgan fingerprint density at radius 3 is 2.61 bits per heavy atom. The molecule has 1 aromatic carbocycles. The minimum atomic E-state index is -0.696. The average molecular weight is 352 g/mol. The van der Waals surface area contributed by atoms with E-state index in [0.29, 0.717) is 32.4 Å². The van der Waals surface area contributed by atoms with Crippen LogP contribution >= 0.6 is 23.2 Å². The molecule has 6 heteroatoms.